The van der Waals surface area contributed by atoms with Crippen LogP contribution < -0.4 is 4.74 Å². The van der Waals surface area contributed by atoms with E-state index in [1.54, 1.807) is 18.9 Å². The van der Waals surface area contributed by atoms with E-state index < -0.39 is 0 Å². The van der Waals surface area contributed by atoms with Crippen LogP contribution >= 0.6 is 23.4 Å². The average molecular weight is 416 g/mol. The highest BCUT2D eigenvalue weighted by Gasteiger charge is 2.21. The molecule has 5 nitrogen and oxygen atoms in total. The maximum Gasteiger partial charge on any atom is 0.191 e. The molecule has 1 saturated heterocycles. The fourth-order valence-corrected chi connectivity index (χ4v) is 4.26. The van der Waals surface area contributed by atoms with Crippen LogP contribution in [0.2, 0.25) is 5.02 Å². The summed E-state index contributed by atoms with van der Waals surface area (Å²) in [6.07, 6.45) is 2.39. The molecule has 146 valence electrons. The number of hydrogen-bond acceptors (Lipinski definition) is 5. The average Bonchev–Trinajstić information content (AvgIpc) is 3.38. The Bertz CT molecular complexity index is 906. The maximum absolute atomic E-state index is 5.99. The van der Waals surface area contributed by atoms with Crippen LogP contribution in [0, 0.1) is 0 Å². The highest BCUT2D eigenvalue weighted by atomic mass is 35.5. The first-order chi connectivity index (χ1) is 13.7. The van der Waals surface area contributed by atoms with Gasteiger partial charge in [-0.05, 0) is 54.8 Å². The first-order valence-electron chi connectivity index (χ1n) is 9.29. The Hall–Kier alpha value is -2.02. The number of hydrogen-bond donors (Lipinski definition) is 0. The Labute approximate surface area is 174 Å². The van der Waals surface area contributed by atoms with Crippen LogP contribution in [0.25, 0.3) is 11.4 Å². The van der Waals surface area contributed by atoms with Gasteiger partial charge in [-0.2, -0.15) is 0 Å². The number of methoxy groups -OCH3 is 1. The fourth-order valence-electron chi connectivity index (χ4n) is 3.23. The second-order valence-electron chi connectivity index (χ2n) is 6.70. The van der Waals surface area contributed by atoms with Gasteiger partial charge in [-0.15, -0.1) is 10.2 Å². The van der Waals surface area contributed by atoms with E-state index in [2.05, 4.69) is 14.8 Å². The first kappa shape index (κ1) is 19.3. The molecule has 0 radical (unpaired) electrons. The van der Waals surface area contributed by atoms with Crippen molar-refractivity contribution in [2.45, 2.75) is 36.4 Å². The molecule has 0 aliphatic carbocycles. The molecular formula is C21H22ClN3O2S. The summed E-state index contributed by atoms with van der Waals surface area (Å²) in [5, 5.41) is 10.6. The minimum absolute atomic E-state index is 0.211. The van der Waals surface area contributed by atoms with Gasteiger partial charge in [-0.25, -0.2) is 0 Å². The lowest BCUT2D eigenvalue weighted by Gasteiger charge is -2.15. The smallest absolute Gasteiger partial charge is 0.191 e. The summed E-state index contributed by atoms with van der Waals surface area (Å²) < 4.78 is 13.3. The van der Waals surface area contributed by atoms with E-state index in [1.165, 1.54) is 5.56 Å². The van der Waals surface area contributed by atoms with Crippen molar-refractivity contribution in [1.82, 2.24) is 14.8 Å². The number of rotatable bonds is 7. The monoisotopic (exact) mass is 415 g/mol. The zero-order valence-electron chi connectivity index (χ0n) is 15.7. The minimum Gasteiger partial charge on any atom is -0.497 e. The summed E-state index contributed by atoms with van der Waals surface area (Å²) in [6, 6.07) is 15.8. The van der Waals surface area contributed by atoms with Gasteiger partial charge in [-0.1, -0.05) is 35.5 Å². The summed E-state index contributed by atoms with van der Waals surface area (Å²) in [5.74, 6) is 2.49. The van der Waals surface area contributed by atoms with Gasteiger partial charge >= 0.3 is 0 Å². The summed E-state index contributed by atoms with van der Waals surface area (Å²) in [6.45, 7) is 1.59. The Balaban J connectivity index is 1.59. The molecule has 28 heavy (non-hydrogen) atoms. The summed E-state index contributed by atoms with van der Waals surface area (Å²) >= 11 is 7.66. The molecule has 2 heterocycles. The van der Waals surface area contributed by atoms with E-state index in [0.29, 0.717) is 0 Å². The summed E-state index contributed by atoms with van der Waals surface area (Å²) in [7, 11) is 1.67. The van der Waals surface area contributed by atoms with Gasteiger partial charge in [0.05, 0.1) is 19.8 Å². The van der Waals surface area contributed by atoms with Crippen LogP contribution in [0.5, 0.6) is 5.75 Å². The topological polar surface area (TPSA) is 49.2 Å². The van der Waals surface area contributed by atoms with E-state index in [9.17, 15) is 0 Å². The van der Waals surface area contributed by atoms with Gasteiger partial charge in [0, 0.05) is 22.9 Å². The molecule has 0 N–H and O–H groups in total. The van der Waals surface area contributed by atoms with E-state index >= 15 is 0 Å². The Morgan fingerprint density at radius 2 is 1.93 bits per heavy atom. The predicted molar refractivity (Wildman–Crippen MR) is 112 cm³/mol. The third-order valence-corrected chi connectivity index (χ3v) is 6.05. The number of benzene rings is 2. The van der Waals surface area contributed by atoms with Crippen molar-refractivity contribution >= 4 is 23.4 Å². The SMILES string of the molecule is COc1ccc(-c2nnc(SCc3ccc(Cl)cc3)n2C[C@H]2CCCO2)cc1. The molecule has 0 unspecified atom stereocenters. The van der Waals surface area contributed by atoms with Crippen LogP contribution in [0.15, 0.2) is 53.7 Å². The van der Waals surface area contributed by atoms with Crippen molar-refractivity contribution in [2.75, 3.05) is 13.7 Å². The molecule has 0 spiro atoms. The molecular weight excluding hydrogens is 394 g/mol. The minimum atomic E-state index is 0.211. The molecule has 0 saturated carbocycles. The predicted octanol–water partition coefficient (Wildman–Crippen LogP) is 5.08. The number of aromatic nitrogens is 3. The summed E-state index contributed by atoms with van der Waals surface area (Å²) in [5.41, 5.74) is 2.22. The molecule has 1 aliphatic rings. The first-order valence-corrected chi connectivity index (χ1v) is 10.7. The number of thioether (sulfide) groups is 1. The summed E-state index contributed by atoms with van der Waals surface area (Å²) in [4.78, 5) is 0. The van der Waals surface area contributed by atoms with E-state index in [-0.39, 0.29) is 6.10 Å². The lowest BCUT2D eigenvalue weighted by atomic mass is 10.2. The van der Waals surface area contributed by atoms with Crippen LogP contribution in [-0.4, -0.2) is 34.6 Å². The highest BCUT2D eigenvalue weighted by Crippen LogP contribution is 2.29. The van der Waals surface area contributed by atoms with Crippen molar-refractivity contribution < 1.29 is 9.47 Å². The van der Waals surface area contributed by atoms with Crippen molar-refractivity contribution in [3.05, 3.63) is 59.1 Å². The molecule has 7 heteroatoms. The lowest BCUT2D eigenvalue weighted by Crippen LogP contribution is -2.16. The molecule has 1 aliphatic heterocycles. The molecule has 0 bridgehead atoms. The Kier molecular flexibility index (Phi) is 6.20. The number of halogens is 1. The fraction of sp³-hybridized carbons (Fsp3) is 0.333. The Morgan fingerprint density at radius 3 is 2.61 bits per heavy atom. The van der Waals surface area contributed by atoms with Gasteiger partial charge in [-0.3, -0.25) is 4.57 Å². The lowest BCUT2D eigenvalue weighted by molar-refractivity contribution is 0.0953. The molecule has 3 aromatic rings. The molecule has 1 atom stereocenters. The molecule has 1 fully saturated rings. The third-order valence-electron chi connectivity index (χ3n) is 4.76. The van der Waals surface area contributed by atoms with Crippen LogP contribution in [0.1, 0.15) is 18.4 Å². The largest absolute Gasteiger partial charge is 0.497 e. The van der Waals surface area contributed by atoms with Crippen molar-refractivity contribution in [3.63, 3.8) is 0 Å². The van der Waals surface area contributed by atoms with Crippen molar-refractivity contribution in [1.29, 1.82) is 0 Å². The molecule has 4 rings (SSSR count). The molecule has 2 aromatic carbocycles. The van der Waals surface area contributed by atoms with Gasteiger partial charge in [0.25, 0.3) is 0 Å². The van der Waals surface area contributed by atoms with Gasteiger partial charge in [0.1, 0.15) is 5.75 Å². The van der Waals surface area contributed by atoms with Crippen LogP contribution in [-0.2, 0) is 17.0 Å². The van der Waals surface area contributed by atoms with Gasteiger partial charge < -0.3 is 9.47 Å². The van der Waals surface area contributed by atoms with Crippen LogP contribution in [0.4, 0.5) is 0 Å². The third kappa shape index (κ3) is 4.51. The second-order valence-corrected chi connectivity index (χ2v) is 8.07. The van der Waals surface area contributed by atoms with Gasteiger partial charge in [0.2, 0.25) is 0 Å². The van der Waals surface area contributed by atoms with Crippen molar-refractivity contribution in [3.8, 4) is 17.1 Å². The van der Waals surface area contributed by atoms with E-state index in [4.69, 9.17) is 21.1 Å². The zero-order chi connectivity index (χ0) is 19.3. The number of nitrogens with zero attached hydrogens (tertiary/aromatic N) is 3. The van der Waals surface area contributed by atoms with E-state index in [1.807, 2.05) is 48.5 Å². The van der Waals surface area contributed by atoms with E-state index in [0.717, 1.165) is 59.1 Å². The standard InChI is InChI=1S/C21H22ClN3O2S/c1-26-18-10-6-16(7-11-18)20-23-24-21(25(20)13-19-3-2-12-27-19)28-14-15-4-8-17(22)9-5-15/h4-11,19H,2-3,12-14H2,1H3/t19-/m1/s1. The van der Waals surface area contributed by atoms with Crippen molar-refractivity contribution in [2.24, 2.45) is 0 Å². The molecule has 0 amide bonds. The molecule has 1 aromatic heterocycles. The Morgan fingerprint density at radius 1 is 1.14 bits per heavy atom. The quantitative estimate of drug-likeness (QED) is 0.504. The highest BCUT2D eigenvalue weighted by molar-refractivity contribution is 7.98. The maximum atomic E-state index is 5.99. The zero-order valence-corrected chi connectivity index (χ0v) is 17.2. The normalized spacial score (nSPS) is 16.4. The second kappa shape index (κ2) is 8.99. The van der Waals surface area contributed by atoms with Gasteiger partial charge in [0.15, 0.2) is 11.0 Å². The van der Waals surface area contributed by atoms with Crippen LogP contribution in [0.3, 0.4) is 0 Å². The number of ether oxygens (including phenoxy) is 2.